The average molecular weight is 547 g/mol. The van der Waals surface area contributed by atoms with Crippen LogP contribution in [0.15, 0.2) is 74.0 Å². The van der Waals surface area contributed by atoms with Crippen molar-refractivity contribution in [2.24, 2.45) is 4.99 Å². The highest BCUT2D eigenvalue weighted by Gasteiger charge is 2.36. The van der Waals surface area contributed by atoms with Gasteiger partial charge in [0.2, 0.25) is 0 Å². The third-order valence-electron chi connectivity index (χ3n) is 6.79. The second kappa shape index (κ2) is 10.3. The predicted octanol–water partition coefficient (Wildman–Crippen LogP) is 3.77. The number of aromatic nitrogens is 1. The molecule has 2 aromatic carbocycles. The molecule has 0 bridgehead atoms. The number of likely N-dealkylation sites (N-methyl/N-ethyl adjacent to an activating group) is 1. The highest BCUT2D eigenvalue weighted by Crippen LogP contribution is 2.40. The van der Waals surface area contributed by atoms with Gasteiger partial charge in [-0.05, 0) is 43.7 Å². The molecule has 3 heterocycles. The van der Waals surface area contributed by atoms with Crippen molar-refractivity contribution in [2.45, 2.75) is 26.8 Å². The van der Waals surface area contributed by atoms with E-state index in [1.165, 1.54) is 22.8 Å². The van der Waals surface area contributed by atoms with E-state index in [1.54, 1.807) is 18.9 Å². The van der Waals surface area contributed by atoms with Gasteiger partial charge in [0.1, 0.15) is 22.5 Å². The Morgan fingerprint density at radius 1 is 1.21 bits per heavy atom. The van der Waals surface area contributed by atoms with Crippen LogP contribution in [0.25, 0.3) is 16.8 Å². The molecule has 4 aromatic rings. The number of ether oxygens (including phenoxy) is 1. The van der Waals surface area contributed by atoms with Crippen LogP contribution < -0.4 is 19.6 Å². The van der Waals surface area contributed by atoms with E-state index >= 15 is 0 Å². The Hall–Kier alpha value is -4.51. The molecule has 200 valence electrons. The largest absolute Gasteiger partial charge is 0.496 e. The first-order valence-electron chi connectivity index (χ1n) is 12.4. The number of hydrogen-bond acceptors (Lipinski definition) is 8. The number of benzene rings is 2. The van der Waals surface area contributed by atoms with Crippen molar-refractivity contribution in [1.29, 1.82) is 0 Å². The molecule has 1 aliphatic rings. The summed E-state index contributed by atoms with van der Waals surface area (Å²) >= 11 is 1.13. The van der Waals surface area contributed by atoms with Crippen LogP contribution in [-0.2, 0) is 4.79 Å². The second-order valence-electron chi connectivity index (χ2n) is 8.89. The summed E-state index contributed by atoms with van der Waals surface area (Å²) in [5.74, 6) is 0.0726. The van der Waals surface area contributed by atoms with Gasteiger partial charge < -0.3 is 14.1 Å². The van der Waals surface area contributed by atoms with Gasteiger partial charge in [0.15, 0.2) is 4.80 Å². The van der Waals surface area contributed by atoms with E-state index in [2.05, 4.69) is 4.99 Å². The summed E-state index contributed by atoms with van der Waals surface area (Å²) in [5.41, 5.74) is 1.19. The Bertz CT molecular complexity index is 1830. The third kappa shape index (κ3) is 4.44. The van der Waals surface area contributed by atoms with Crippen molar-refractivity contribution >= 4 is 40.0 Å². The van der Waals surface area contributed by atoms with Crippen LogP contribution in [0.5, 0.6) is 5.75 Å². The van der Waals surface area contributed by atoms with Crippen molar-refractivity contribution in [3.63, 3.8) is 0 Å². The number of rotatable bonds is 7. The number of methoxy groups -OCH3 is 1. The maximum absolute atomic E-state index is 14.0. The third-order valence-corrected chi connectivity index (χ3v) is 7.78. The Kier molecular flexibility index (Phi) is 6.92. The summed E-state index contributed by atoms with van der Waals surface area (Å²) in [6.07, 6.45) is 1.46. The van der Waals surface area contributed by atoms with Crippen LogP contribution in [0, 0.1) is 10.1 Å². The van der Waals surface area contributed by atoms with Crippen molar-refractivity contribution in [3.05, 3.63) is 101 Å². The van der Waals surface area contributed by atoms with Gasteiger partial charge in [0.05, 0.1) is 29.0 Å². The van der Waals surface area contributed by atoms with Gasteiger partial charge in [-0.25, -0.2) is 4.99 Å². The Balaban J connectivity index is 1.83. The van der Waals surface area contributed by atoms with Crippen LogP contribution in [-0.4, -0.2) is 40.5 Å². The molecular weight excluding hydrogens is 520 g/mol. The van der Waals surface area contributed by atoms with Crippen molar-refractivity contribution in [1.82, 2.24) is 9.47 Å². The molecular formula is C28H26N4O6S. The van der Waals surface area contributed by atoms with E-state index in [0.29, 0.717) is 40.5 Å². The quantitative estimate of drug-likeness (QED) is 0.257. The number of furan rings is 1. The Morgan fingerprint density at radius 3 is 2.62 bits per heavy atom. The number of carbonyl (C=O) groups is 1. The average Bonchev–Trinajstić information content (AvgIpc) is 3.52. The molecule has 0 spiro atoms. The molecule has 0 radical (unpaired) electrons. The van der Waals surface area contributed by atoms with E-state index in [9.17, 15) is 19.7 Å². The number of nitrogens with zero attached hydrogens (tertiary/aromatic N) is 4. The van der Waals surface area contributed by atoms with Crippen molar-refractivity contribution < 1.29 is 18.9 Å². The summed E-state index contributed by atoms with van der Waals surface area (Å²) in [6.45, 7) is 6.57. The molecule has 0 saturated carbocycles. The van der Waals surface area contributed by atoms with Crippen molar-refractivity contribution in [2.75, 3.05) is 20.2 Å². The van der Waals surface area contributed by atoms with Crippen LogP contribution in [0.4, 0.5) is 5.88 Å². The minimum absolute atomic E-state index is 0.168. The monoisotopic (exact) mass is 546 g/mol. The molecule has 5 rings (SSSR count). The number of fused-ring (bicyclic) bond motifs is 2. The predicted molar refractivity (Wildman–Crippen MR) is 148 cm³/mol. The molecule has 0 unspecified atom stereocenters. The van der Waals surface area contributed by atoms with Gasteiger partial charge in [-0.1, -0.05) is 41.7 Å². The van der Waals surface area contributed by atoms with Gasteiger partial charge in [0, 0.05) is 24.7 Å². The molecule has 2 aromatic heterocycles. The summed E-state index contributed by atoms with van der Waals surface area (Å²) in [7, 11) is 1.56. The van der Waals surface area contributed by atoms with Gasteiger partial charge in [0.25, 0.3) is 11.5 Å². The molecule has 10 nitrogen and oxygen atoms in total. The normalized spacial score (nSPS) is 15.3. The molecule has 0 fully saturated rings. The topological polar surface area (TPSA) is 120 Å². The summed E-state index contributed by atoms with van der Waals surface area (Å²) < 4.78 is 12.8. The molecule has 1 aliphatic heterocycles. The highest BCUT2D eigenvalue weighted by atomic mass is 32.1. The van der Waals surface area contributed by atoms with E-state index < -0.39 is 22.4 Å². The zero-order chi connectivity index (χ0) is 27.8. The van der Waals surface area contributed by atoms with Gasteiger partial charge in [-0.3, -0.25) is 24.3 Å². The fourth-order valence-electron chi connectivity index (χ4n) is 4.93. The molecule has 0 saturated heterocycles. The first-order chi connectivity index (χ1) is 18.8. The maximum atomic E-state index is 14.0. The molecule has 1 amide bonds. The number of nitro groups is 1. The second-order valence-corrected chi connectivity index (χ2v) is 9.90. The minimum atomic E-state index is -0.816. The van der Waals surface area contributed by atoms with E-state index in [4.69, 9.17) is 9.15 Å². The standard InChI is InChI=1S/C28H26N4O6S/c1-5-30(6-2)27(34)23-16(3)29-28-31(26(33)21(39-28)15-18-12-14-22(38-18)32(35)36)25(23)24-19-10-8-7-9-17(19)11-13-20(24)37-4/h7-15,25H,5-6H2,1-4H3/b21-15+/t25-/m0/s1. The first kappa shape index (κ1) is 26.1. The Labute approximate surface area is 226 Å². The number of amides is 1. The van der Waals surface area contributed by atoms with Crippen LogP contribution in [0.1, 0.15) is 38.1 Å². The van der Waals surface area contributed by atoms with Gasteiger partial charge in [-0.15, -0.1) is 0 Å². The van der Waals surface area contributed by atoms with Gasteiger partial charge in [-0.2, -0.15) is 0 Å². The lowest BCUT2D eigenvalue weighted by atomic mass is 9.90. The smallest absolute Gasteiger partial charge is 0.433 e. The lowest BCUT2D eigenvalue weighted by Gasteiger charge is -2.30. The lowest BCUT2D eigenvalue weighted by molar-refractivity contribution is -0.402. The summed E-state index contributed by atoms with van der Waals surface area (Å²) in [6, 6.07) is 13.4. The summed E-state index contributed by atoms with van der Waals surface area (Å²) in [5, 5.41) is 12.8. The zero-order valence-corrected chi connectivity index (χ0v) is 22.7. The highest BCUT2D eigenvalue weighted by molar-refractivity contribution is 7.07. The summed E-state index contributed by atoms with van der Waals surface area (Å²) in [4.78, 5) is 45.1. The fourth-order valence-corrected chi connectivity index (χ4v) is 5.96. The zero-order valence-electron chi connectivity index (χ0n) is 21.8. The maximum Gasteiger partial charge on any atom is 0.433 e. The van der Waals surface area contributed by atoms with Crippen LogP contribution in [0.3, 0.4) is 0 Å². The van der Waals surface area contributed by atoms with Crippen LogP contribution >= 0.6 is 11.3 Å². The number of thiazole rings is 1. The van der Waals surface area contributed by atoms with E-state index in [0.717, 1.165) is 22.1 Å². The Morgan fingerprint density at radius 2 is 1.95 bits per heavy atom. The molecule has 11 heteroatoms. The first-order valence-corrected chi connectivity index (χ1v) is 13.2. The van der Waals surface area contributed by atoms with E-state index in [-0.39, 0.29) is 16.2 Å². The molecule has 0 aliphatic carbocycles. The fraction of sp³-hybridized carbons (Fsp3) is 0.250. The number of allylic oxidation sites excluding steroid dienone is 1. The van der Waals surface area contributed by atoms with E-state index in [1.807, 2.05) is 50.2 Å². The molecule has 39 heavy (non-hydrogen) atoms. The minimum Gasteiger partial charge on any atom is -0.496 e. The van der Waals surface area contributed by atoms with Crippen LogP contribution in [0.2, 0.25) is 0 Å². The van der Waals surface area contributed by atoms with Crippen molar-refractivity contribution in [3.8, 4) is 5.75 Å². The number of carbonyl (C=O) groups excluding carboxylic acids is 1. The SMILES string of the molecule is CCN(CC)C(=O)C1=C(C)N=c2s/c(=C/c3ccc([N+](=O)[O-])o3)c(=O)n2[C@@H]1c1c(OC)ccc2ccccc12. The molecule has 1 atom stereocenters. The molecule has 0 N–H and O–H groups in total. The van der Waals surface area contributed by atoms with Gasteiger partial charge >= 0.3 is 5.88 Å². The lowest BCUT2D eigenvalue weighted by Crippen LogP contribution is -2.43. The number of hydrogen-bond donors (Lipinski definition) is 0.